The first-order chi connectivity index (χ1) is 38.1. The molecule has 1 atom stereocenters. The van der Waals surface area contributed by atoms with Gasteiger partial charge in [-0.25, -0.2) is 0 Å². The van der Waals surface area contributed by atoms with Crippen LogP contribution in [-0.4, -0.2) is 36.4 Å². The van der Waals surface area contributed by atoms with Gasteiger partial charge < -0.3 is 14.6 Å². The zero-order chi connectivity index (χ0) is 55.5. The largest absolute Gasteiger partial charge is 0.462 e. The van der Waals surface area contributed by atoms with Gasteiger partial charge in [0.05, 0.1) is 6.61 Å². The monoisotopic (exact) mass is 1090 g/mol. The maximum atomic E-state index is 12.4. The summed E-state index contributed by atoms with van der Waals surface area (Å²) in [6, 6.07) is 0. The second kappa shape index (κ2) is 68.9. The number of hydrogen-bond acceptors (Lipinski definition) is 5. The average molecular weight is 1090 g/mol. The van der Waals surface area contributed by atoms with Gasteiger partial charge in [0.15, 0.2) is 6.10 Å². The maximum absolute atomic E-state index is 12.4. The Labute approximate surface area is 483 Å². The van der Waals surface area contributed by atoms with E-state index in [1.165, 1.54) is 360 Å². The van der Waals surface area contributed by atoms with Crippen molar-refractivity contribution in [1.29, 1.82) is 0 Å². The van der Waals surface area contributed by atoms with Crippen molar-refractivity contribution in [3.05, 3.63) is 12.2 Å². The number of rotatable bonds is 68. The second-order valence-corrected chi connectivity index (χ2v) is 24.7. The van der Waals surface area contributed by atoms with E-state index >= 15 is 0 Å². The van der Waals surface area contributed by atoms with Gasteiger partial charge in [-0.1, -0.05) is 379 Å². The van der Waals surface area contributed by atoms with Crippen molar-refractivity contribution in [3.8, 4) is 0 Å². The van der Waals surface area contributed by atoms with Gasteiger partial charge in [0, 0.05) is 12.8 Å². The van der Waals surface area contributed by atoms with Crippen LogP contribution in [0.25, 0.3) is 0 Å². The Morgan fingerprint density at radius 1 is 0.286 bits per heavy atom. The fourth-order valence-corrected chi connectivity index (χ4v) is 11.4. The quantitative estimate of drug-likeness (QED) is 0.0373. The van der Waals surface area contributed by atoms with Crippen molar-refractivity contribution < 1.29 is 24.2 Å². The molecule has 1 N–H and O–H groups in total. The van der Waals surface area contributed by atoms with Crippen LogP contribution in [-0.2, 0) is 19.1 Å². The standard InChI is InChI=1S/C72H140O5/c1-3-5-7-9-11-13-15-17-19-21-23-25-27-29-31-33-35-37-38-40-42-44-46-48-50-52-54-56-58-60-62-64-66-71(74)76-69-70(68-73)77-72(75)67-65-63-61-59-57-55-53-51-49-47-45-43-41-39-36-34-32-30-28-26-24-22-20-18-16-14-12-10-8-6-4-2/h22,24,70,73H,3-21,23,25-69H2,1-2H3/b24-22-. The molecular weight excluding hydrogens is 945 g/mol. The van der Waals surface area contributed by atoms with E-state index < -0.39 is 6.10 Å². The summed E-state index contributed by atoms with van der Waals surface area (Å²) in [6.45, 7) is 4.22. The summed E-state index contributed by atoms with van der Waals surface area (Å²) in [5, 5.41) is 9.70. The molecule has 77 heavy (non-hydrogen) atoms. The van der Waals surface area contributed by atoms with E-state index in [4.69, 9.17) is 9.47 Å². The lowest BCUT2D eigenvalue weighted by Gasteiger charge is -2.15. The number of ether oxygens (including phenoxy) is 2. The van der Waals surface area contributed by atoms with Crippen molar-refractivity contribution >= 4 is 11.9 Å². The fourth-order valence-electron chi connectivity index (χ4n) is 11.4. The molecule has 0 aliphatic carbocycles. The summed E-state index contributed by atoms with van der Waals surface area (Å²) in [5.74, 6) is -0.560. The highest BCUT2D eigenvalue weighted by molar-refractivity contribution is 5.70. The van der Waals surface area contributed by atoms with E-state index in [9.17, 15) is 14.7 Å². The van der Waals surface area contributed by atoms with Gasteiger partial charge in [-0.15, -0.1) is 0 Å². The van der Waals surface area contributed by atoms with E-state index in [1.54, 1.807) is 0 Å². The topological polar surface area (TPSA) is 72.8 Å². The molecule has 0 saturated carbocycles. The highest BCUT2D eigenvalue weighted by Gasteiger charge is 2.16. The summed E-state index contributed by atoms with van der Waals surface area (Å²) in [7, 11) is 0. The van der Waals surface area contributed by atoms with Gasteiger partial charge in [-0.3, -0.25) is 9.59 Å². The first kappa shape index (κ1) is 75.6. The number of hydrogen-bond donors (Lipinski definition) is 1. The Bertz CT molecular complexity index is 1140. The van der Waals surface area contributed by atoms with Crippen molar-refractivity contribution in [2.45, 2.75) is 424 Å². The molecular formula is C72H140O5. The maximum Gasteiger partial charge on any atom is 0.306 e. The smallest absolute Gasteiger partial charge is 0.306 e. The number of carbonyl (C=O) groups excluding carboxylic acids is 2. The van der Waals surface area contributed by atoms with Crippen LogP contribution in [0.3, 0.4) is 0 Å². The van der Waals surface area contributed by atoms with Crippen LogP contribution in [0.1, 0.15) is 418 Å². The molecule has 0 aromatic heterocycles. The van der Waals surface area contributed by atoms with E-state index in [0.717, 1.165) is 32.1 Å². The highest BCUT2D eigenvalue weighted by Crippen LogP contribution is 2.20. The third kappa shape index (κ3) is 67.1. The minimum absolute atomic E-state index is 0.0566. The molecule has 0 heterocycles. The minimum atomic E-state index is -0.767. The SMILES string of the molecule is CCCCCCCCCC/C=C\CCCCCCCCCCCCCCCCCCCCCC(=O)OC(CO)COC(=O)CCCCCCCCCCCCCCCCCCCCCCCCCCCCCCCCCC. The first-order valence-electron chi connectivity index (χ1n) is 35.7. The van der Waals surface area contributed by atoms with Gasteiger partial charge in [0.25, 0.3) is 0 Å². The molecule has 458 valence electrons. The van der Waals surface area contributed by atoms with Crippen LogP contribution < -0.4 is 0 Å². The molecule has 1 unspecified atom stereocenters. The third-order valence-electron chi connectivity index (χ3n) is 16.8. The number of esters is 2. The van der Waals surface area contributed by atoms with Gasteiger partial charge in [-0.05, 0) is 38.5 Å². The lowest BCUT2D eigenvalue weighted by atomic mass is 10.0. The lowest BCUT2D eigenvalue weighted by molar-refractivity contribution is -0.161. The molecule has 0 radical (unpaired) electrons. The summed E-state index contributed by atoms with van der Waals surface area (Å²) < 4.78 is 10.8. The zero-order valence-electron chi connectivity index (χ0n) is 52.8. The van der Waals surface area contributed by atoms with Gasteiger partial charge in [-0.2, -0.15) is 0 Å². The Morgan fingerprint density at radius 2 is 0.481 bits per heavy atom. The molecule has 0 aromatic rings. The summed E-state index contributed by atoms with van der Waals surface area (Å²) >= 11 is 0. The van der Waals surface area contributed by atoms with Crippen molar-refractivity contribution in [3.63, 3.8) is 0 Å². The van der Waals surface area contributed by atoms with Crippen molar-refractivity contribution in [1.82, 2.24) is 0 Å². The van der Waals surface area contributed by atoms with Crippen molar-refractivity contribution in [2.75, 3.05) is 13.2 Å². The van der Waals surface area contributed by atoms with Crippen LogP contribution in [0.4, 0.5) is 0 Å². The lowest BCUT2D eigenvalue weighted by Crippen LogP contribution is -2.28. The number of carbonyl (C=O) groups is 2. The van der Waals surface area contributed by atoms with Crippen LogP contribution >= 0.6 is 0 Å². The van der Waals surface area contributed by atoms with E-state index in [0.29, 0.717) is 12.8 Å². The Balaban J connectivity index is 3.36. The van der Waals surface area contributed by atoms with Crippen LogP contribution in [0.5, 0.6) is 0 Å². The van der Waals surface area contributed by atoms with Gasteiger partial charge in [0.2, 0.25) is 0 Å². The van der Waals surface area contributed by atoms with E-state index in [2.05, 4.69) is 26.0 Å². The molecule has 0 amide bonds. The Morgan fingerprint density at radius 3 is 0.701 bits per heavy atom. The molecule has 5 nitrogen and oxygen atoms in total. The number of allylic oxidation sites excluding steroid dienone is 2. The molecule has 0 fully saturated rings. The fraction of sp³-hybridized carbons (Fsp3) is 0.944. The van der Waals surface area contributed by atoms with Crippen LogP contribution in [0, 0.1) is 0 Å². The molecule has 0 spiro atoms. The third-order valence-corrected chi connectivity index (χ3v) is 16.8. The second-order valence-electron chi connectivity index (χ2n) is 24.7. The summed E-state index contributed by atoms with van der Waals surface area (Å²) in [5.41, 5.74) is 0. The molecule has 0 saturated heterocycles. The predicted molar refractivity (Wildman–Crippen MR) is 339 cm³/mol. The van der Waals surface area contributed by atoms with Crippen LogP contribution in [0.2, 0.25) is 0 Å². The summed E-state index contributed by atoms with van der Waals surface area (Å²) in [6.07, 6.45) is 88.4. The minimum Gasteiger partial charge on any atom is -0.462 e. The van der Waals surface area contributed by atoms with Crippen LogP contribution in [0.15, 0.2) is 12.2 Å². The number of unbranched alkanes of at least 4 members (excludes halogenated alkanes) is 58. The van der Waals surface area contributed by atoms with E-state index in [-0.39, 0.29) is 25.2 Å². The zero-order valence-corrected chi connectivity index (χ0v) is 52.8. The van der Waals surface area contributed by atoms with Gasteiger partial charge in [0.1, 0.15) is 6.61 Å². The normalized spacial score (nSPS) is 12.1. The molecule has 0 aliphatic rings. The number of aliphatic hydroxyl groups is 1. The first-order valence-corrected chi connectivity index (χ1v) is 35.7. The molecule has 0 aliphatic heterocycles. The average Bonchev–Trinajstić information content (AvgIpc) is 3.43. The summed E-state index contributed by atoms with van der Waals surface area (Å²) in [4.78, 5) is 24.7. The number of aliphatic hydroxyl groups excluding tert-OH is 1. The highest BCUT2D eigenvalue weighted by atomic mass is 16.6. The Hall–Kier alpha value is -1.36. The molecule has 0 bridgehead atoms. The molecule has 0 rings (SSSR count). The molecule has 5 heteroatoms. The van der Waals surface area contributed by atoms with Crippen molar-refractivity contribution in [2.24, 2.45) is 0 Å². The predicted octanol–water partition coefficient (Wildman–Crippen LogP) is 24.6. The van der Waals surface area contributed by atoms with E-state index in [1.807, 2.05) is 0 Å². The van der Waals surface area contributed by atoms with Gasteiger partial charge >= 0.3 is 11.9 Å². The Kier molecular flexibility index (Phi) is 67.7. The molecule has 0 aromatic carbocycles.